The minimum Gasteiger partial charge on any atom is -0.256 e. The summed E-state index contributed by atoms with van der Waals surface area (Å²) in [6.07, 6.45) is 6.16. The zero-order valence-corrected chi connectivity index (χ0v) is 18.2. The minimum absolute atomic E-state index is 0.0408. The van der Waals surface area contributed by atoms with Crippen LogP contribution in [0.5, 0.6) is 0 Å². The van der Waals surface area contributed by atoms with Gasteiger partial charge >= 0.3 is 0 Å². The highest BCUT2D eigenvalue weighted by Crippen LogP contribution is 2.34. The summed E-state index contributed by atoms with van der Waals surface area (Å²) in [5, 5.41) is 3.97. The molecule has 0 saturated carbocycles. The number of pyridine rings is 1. The normalized spacial score (nSPS) is 12.4. The Morgan fingerprint density at radius 1 is 0.806 bits per heavy atom. The summed E-state index contributed by atoms with van der Waals surface area (Å²) in [6.45, 7) is 0. The quantitative estimate of drug-likeness (QED) is 0.281. The SMILES string of the molecule is Clc1ccc(C(c2ccc3nccc(/C=C/c4ccccc4)c3c2)c2cscn2)cc1. The highest BCUT2D eigenvalue weighted by molar-refractivity contribution is 7.07. The molecule has 2 heterocycles. The molecule has 1 unspecified atom stereocenters. The second-order valence-corrected chi connectivity index (χ2v) is 8.47. The molecule has 0 N–H and O–H groups in total. The molecule has 150 valence electrons. The fourth-order valence-electron chi connectivity index (χ4n) is 3.81. The Hall–Kier alpha value is -3.27. The fourth-order valence-corrected chi connectivity index (χ4v) is 4.52. The van der Waals surface area contributed by atoms with Crippen molar-refractivity contribution in [3.05, 3.63) is 129 Å². The van der Waals surface area contributed by atoms with Gasteiger partial charge in [-0.3, -0.25) is 4.98 Å². The van der Waals surface area contributed by atoms with Crippen molar-refractivity contribution in [2.45, 2.75) is 5.92 Å². The van der Waals surface area contributed by atoms with Crippen molar-refractivity contribution >= 4 is 46.0 Å². The average Bonchev–Trinajstić information content (AvgIpc) is 3.34. The number of fused-ring (bicyclic) bond motifs is 1. The Labute approximate surface area is 190 Å². The van der Waals surface area contributed by atoms with Gasteiger partial charge in [0.15, 0.2) is 0 Å². The minimum atomic E-state index is 0.0408. The summed E-state index contributed by atoms with van der Waals surface area (Å²) in [5.74, 6) is 0.0408. The predicted molar refractivity (Wildman–Crippen MR) is 132 cm³/mol. The zero-order valence-electron chi connectivity index (χ0n) is 16.7. The smallest absolute Gasteiger partial charge is 0.0795 e. The highest BCUT2D eigenvalue weighted by Gasteiger charge is 2.19. The van der Waals surface area contributed by atoms with E-state index in [1.54, 1.807) is 11.3 Å². The first-order valence-corrected chi connectivity index (χ1v) is 11.4. The molecular weight excluding hydrogens is 420 g/mol. The van der Waals surface area contributed by atoms with Crippen molar-refractivity contribution in [3.8, 4) is 0 Å². The lowest BCUT2D eigenvalue weighted by molar-refractivity contribution is 0.935. The van der Waals surface area contributed by atoms with E-state index in [2.05, 4.69) is 76.0 Å². The Bertz CT molecular complexity index is 1330. The Balaban J connectivity index is 1.62. The van der Waals surface area contributed by atoms with Crippen LogP contribution in [0, 0.1) is 0 Å². The van der Waals surface area contributed by atoms with E-state index in [1.165, 1.54) is 16.7 Å². The molecule has 2 aromatic heterocycles. The molecule has 4 heteroatoms. The number of benzene rings is 3. The molecule has 0 fully saturated rings. The van der Waals surface area contributed by atoms with Crippen LogP contribution in [0.3, 0.4) is 0 Å². The third-order valence-corrected chi connectivity index (χ3v) is 6.19. The van der Waals surface area contributed by atoms with Crippen LogP contribution in [-0.4, -0.2) is 9.97 Å². The first kappa shape index (κ1) is 19.7. The zero-order chi connectivity index (χ0) is 21.0. The number of nitrogens with zero attached hydrogens (tertiary/aromatic N) is 2. The number of aromatic nitrogens is 2. The molecule has 0 aliphatic rings. The first-order valence-electron chi connectivity index (χ1n) is 10.0. The van der Waals surface area contributed by atoms with E-state index < -0.39 is 0 Å². The van der Waals surface area contributed by atoms with Gasteiger partial charge in [0, 0.05) is 22.0 Å². The first-order chi connectivity index (χ1) is 15.3. The van der Waals surface area contributed by atoms with E-state index >= 15 is 0 Å². The molecule has 0 spiro atoms. The summed E-state index contributed by atoms with van der Waals surface area (Å²) in [4.78, 5) is 9.21. The number of hydrogen-bond acceptors (Lipinski definition) is 3. The van der Waals surface area contributed by atoms with Crippen LogP contribution < -0.4 is 0 Å². The van der Waals surface area contributed by atoms with Gasteiger partial charge in [-0.25, -0.2) is 4.98 Å². The van der Waals surface area contributed by atoms with Crippen LogP contribution in [0.15, 0.2) is 96.0 Å². The van der Waals surface area contributed by atoms with Gasteiger partial charge in [-0.05, 0) is 52.6 Å². The lowest BCUT2D eigenvalue weighted by Gasteiger charge is -2.17. The molecule has 3 aromatic carbocycles. The molecular formula is C27H19ClN2S. The molecule has 0 saturated heterocycles. The van der Waals surface area contributed by atoms with Crippen molar-refractivity contribution in [3.63, 3.8) is 0 Å². The summed E-state index contributed by atoms with van der Waals surface area (Å²) in [7, 11) is 0. The van der Waals surface area contributed by atoms with Crippen LogP contribution in [0.1, 0.15) is 33.9 Å². The Morgan fingerprint density at radius 3 is 2.39 bits per heavy atom. The number of hydrogen-bond donors (Lipinski definition) is 0. The average molecular weight is 439 g/mol. The molecule has 5 aromatic rings. The van der Waals surface area contributed by atoms with Crippen molar-refractivity contribution in [2.75, 3.05) is 0 Å². The van der Waals surface area contributed by atoms with E-state index in [9.17, 15) is 0 Å². The van der Waals surface area contributed by atoms with Gasteiger partial charge in [-0.2, -0.15) is 0 Å². The van der Waals surface area contributed by atoms with Gasteiger partial charge in [0.25, 0.3) is 0 Å². The lowest BCUT2D eigenvalue weighted by Crippen LogP contribution is -2.04. The summed E-state index contributed by atoms with van der Waals surface area (Å²) in [5.41, 5.74) is 8.57. The standard InChI is InChI=1S/C27H19ClN2S/c28-23-11-8-21(9-12-23)27(26-17-31-18-30-26)22-10-13-25-24(16-22)20(14-15-29-25)7-6-19-4-2-1-3-5-19/h1-18,27H/b7-6+. The summed E-state index contributed by atoms with van der Waals surface area (Å²) in [6, 6.07) is 26.9. The molecule has 5 rings (SSSR count). The molecule has 2 nitrogen and oxygen atoms in total. The van der Waals surface area contributed by atoms with Gasteiger partial charge in [-0.1, -0.05) is 72.3 Å². The Morgan fingerprint density at radius 2 is 1.61 bits per heavy atom. The summed E-state index contributed by atoms with van der Waals surface area (Å²) < 4.78 is 0. The van der Waals surface area contributed by atoms with Gasteiger partial charge in [0.1, 0.15) is 0 Å². The largest absolute Gasteiger partial charge is 0.256 e. The fraction of sp³-hybridized carbons (Fsp3) is 0.0370. The van der Waals surface area contributed by atoms with Gasteiger partial charge in [0.05, 0.1) is 22.6 Å². The lowest BCUT2D eigenvalue weighted by atomic mass is 9.88. The Kier molecular flexibility index (Phi) is 5.61. The van der Waals surface area contributed by atoms with E-state index in [-0.39, 0.29) is 5.92 Å². The van der Waals surface area contributed by atoms with E-state index in [0.29, 0.717) is 0 Å². The second kappa shape index (κ2) is 8.84. The van der Waals surface area contributed by atoms with Gasteiger partial charge in [0.2, 0.25) is 0 Å². The number of rotatable bonds is 5. The van der Waals surface area contributed by atoms with Crippen LogP contribution in [0.4, 0.5) is 0 Å². The third kappa shape index (κ3) is 4.29. The van der Waals surface area contributed by atoms with E-state index in [0.717, 1.165) is 27.2 Å². The summed E-state index contributed by atoms with van der Waals surface area (Å²) >= 11 is 7.75. The van der Waals surface area contributed by atoms with Gasteiger partial charge in [-0.15, -0.1) is 11.3 Å². The maximum Gasteiger partial charge on any atom is 0.0795 e. The monoisotopic (exact) mass is 438 g/mol. The van der Waals surface area contributed by atoms with E-state index in [1.807, 2.05) is 42.0 Å². The highest BCUT2D eigenvalue weighted by atomic mass is 35.5. The maximum absolute atomic E-state index is 6.14. The van der Waals surface area contributed by atoms with Crippen molar-refractivity contribution in [1.29, 1.82) is 0 Å². The van der Waals surface area contributed by atoms with Crippen molar-refractivity contribution in [2.24, 2.45) is 0 Å². The maximum atomic E-state index is 6.14. The molecule has 0 amide bonds. The molecule has 0 aliphatic carbocycles. The van der Waals surface area contributed by atoms with Crippen molar-refractivity contribution < 1.29 is 0 Å². The van der Waals surface area contributed by atoms with Gasteiger partial charge < -0.3 is 0 Å². The molecule has 0 aliphatic heterocycles. The number of halogens is 1. The van der Waals surface area contributed by atoms with E-state index in [4.69, 9.17) is 11.6 Å². The topological polar surface area (TPSA) is 25.8 Å². The molecule has 0 radical (unpaired) electrons. The van der Waals surface area contributed by atoms with Crippen LogP contribution in [0.25, 0.3) is 23.1 Å². The van der Waals surface area contributed by atoms with Crippen LogP contribution in [-0.2, 0) is 0 Å². The second-order valence-electron chi connectivity index (χ2n) is 7.32. The van der Waals surface area contributed by atoms with Crippen LogP contribution in [0.2, 0.25) is 5.02 Å². The molecule has 1 atom stereocenters. The van der Waals surface area contributed by atoms with Crippen molar-refractivity contribution in [1.82, 2.24) is 9.97 Å². The van der Waals surface area contributed by atoms with Crippen LogP contribution >= 0.6 is 22.9 Å². The predicted octanol–water partition coefficient (Wildman–Crippen LogP) is 7.70. The molecule has 0 bridgehead atoms. The third-order valence-electron chi connectivity index (χ3n) is 5.34. The number of thiazole rings is 1. The molecule has 31 heavy (non-hydrogen) atoms.